The summed E-state index contributed by atoms with van der Waals surface area (Å²) in [5.41, 5.74) is 3.19. The van der Waals surface area contributed by atoms with Gasteiger partial charge in [0.15, 0.2) is 6.10 Å². The number of rotatable bonds is 3. The molecule has 22 heavy (non-hydrogen) atoms. The Labute approximate surface area is 128 Å². The smallest absolute Gasteiger partial charge is 0.332 e. The molecule has 118 valence electrons. The summed E-state index contributed by atoms with van der Waals surface area (Å²) in [6, 6.07) is 3.76. The van der Waals surface area contributed by atoms with Gasteiger partial charge in [-0.3, -0.25) is 4.79 Å². The van der Waals surface area contributed by atoms with E-state index in [0.717, 1.165) is 22.4 Å². The lowest BCUT2D eigenvalue weighted by Crippen LogP contribution is -2.38. The minimum Gasteiger partial charge on any atom is -0.490 e. The molecule has 6 heteroatoms. The largest absolute Gasteiger partial charge is 0.490 e. The molecule has 2 aliphatic rings. The molecule has 2 N–H and O–H groups in total. The summed E-state index contributed by atoms with van der Waals surface area (Å²) >= 11 is 0. The van der Waals surface area contributed by atoms with Crippen molar-refractivity contribution in [1.82, 2.24) is 5.32 Å². The van der Waals surface area contributed by atoms with Gasteiger partial charge in [0.25, 0.3) is 0 Å². The van der Waals surface area contributed by atoms with Crippen LogP contribution in [0.5, 0.6) is 5.75 Å². The summed E-state index contributed by atoms with van der Waals surface area (Å²) in [6.07, 6.45) is -0.788. The number of carboxylic acid groups (broad SMARTS) is 1. The number of amides is 1. The fourth-order valence-electron chi connectivity index (χ4n) is 2.93. The van der Waals surface area contributed by atoms with Crippen LogP contribution in [0.15, 0.2) is 12.1 Å². The zero-order chi connectivity index (χ0) is 15.9. The minimum absolute atomic E-state index is 0.214. The van der Waals surface area contributed by atoms with Crippen molar-refractivity contribution in [3.8, 4) is 5.75 Å². The van der Waals surface area contributed by atoms with E-state index in [1.165, 1.54) is 0 Å². The zero-order valence-corrected chi connectivity index (χ0v) is 12.6. The van der Waals surface area contributed by atoms with Crippen LogP contribution in [0.2, 0.25) is 0 Å². The van der Waals surface area contributed by atoms with E-state index in [9.17, 15) is 9.59 Å². The van der Waals surface area contributed by atoms with Crippen molar-refractivity contribution < 1.29 is 24.2 Å². The molecule has 3 atom stereocenters. The van der Waals surface area contributed by atoms with Gasteiger partial charge in [0.2, 0.25) is 5.91 Å². The minimum atomic E-state index is -1.02. The molecule has 0 radical (unpaired) electrons. The van der Waals surface area contributed by atoms with Crippen LogP contribution in [0, 0.1) is 13.8 Å². The maximum absolute atomic E-state index is 12.2. The number of fused-ring (bicyclic) bond motifs is 1. The molecular weight excluding hydrogens is 286 g/mol. The molecule has 0 aromatic heterocycles. The second kappa shape index (κ2) is 5.61. The van der Waals surface area contributed by atoms with E-state index >= 15 is 0 Å². The first-order valence-corrected chi connectivity index (χ1v) is 7.39. The lowest BCUT2D eigenvalue weighted by Gasteiger charge is -2.16. The van der Waals surface area contributed by atoms with E-state index in [4.69, 9.17) is 14.6 Å². The molecular formula is C16H19NO5. The van der Waals surface area contributed by atoms with E-state index in [2.05, 4.69) is 5.32 Å². The van der Waals surface area contributed by atoms with E-state index < -0.39 is 18.2 Å². The standard InChI is InChI=1S/C16H19NO5/c1-8-3-4-10-11(7-21-14(10)9(8)2)17-15(18)12-5-6-13(22-12)16(19)20/h3-4,11-13H,5-7H2,1-2H3,(H,17,18)(H,19,20)/t11?,12-,13+/m0/s1. The Kier molecular flexibility index (Phi) is 3.78. The summed E-state index contributed by atoms with van der Waals surface area (Å²) in [6.45, 7) is 4.40. The third kappa shape index (κ3) is 2.54. The van der Waals surface area contributed by atoms with Crippen LogP contribution in [-0.2, 0) is 14.3 Å². The van der Waals surface area contributed by atoms with Crippen LogP contribution in [0.4, 0.5) is 0 Å². The van der Waals surface area contributed by atoms with Gasteiger partial charge in [-0.05, 0) is 37.8 Å². The molecule has 1 fully saturated rings. The average molecular weight is 305 g/mol. The van der Waals surface area contributed by atoms with Crippen molar-refractivity contribution in [1.29, 1.82) is 0 Å². The number of benzene rings is 1. The third-order valence-electron chi connectivity index (χ3n) is 4.38. The maximum atomic E-state index is 12.2. The highest BCUT2D eigenvalue weighted by Gasteiger charge is 2.36. The van der Waals surface area contributed by atoms with Crippen LogP contribution < -0.4 is 10.1 Å². The topological polar surface area (TPSA) is 84.9 Å². The SMILES string of the molecule is Cc1ccc2c(c1C)OCC2NC(=O)[C@@H]1CC[C@H](C(=O)O)O1. The molecule has 0 bridgehead atoms. The fraction of sp³-hybridized carbons (Fsp3) is 0.500. The molecule has 1 unspecified atom stereocenters. The van der Waals surface area contributed by atoms with Gasteiger partial charge in [0.1, 0.15) is 18.5 Å². The van der Waals surface area contributed by atoms with Gasteiger partial charge in [-0.1, -0.05) is 12.1 Å². The monoisotopic (exact) mass is 305 g/mol. The zero-order valence-electron chi connectivity index (χ0n) is 12.6. The number of aryl methyl sites for hydroxylation is 1. The van der Waals surface area contributed by atoms with Crippen LogP contribution in [-0.4, -0.2) is 35.8 Å². The molecule has 2 aliphatic heterocycles. The van der Waals surface area contributed by atoms with Gasteiger partial charge >= 0.3 is 5.97 Å². The Morgan fingerprint density at radius 3 is 2.64 bits per heavy atom. The van der Waals surface area contributed by atoms with E-state index in [1.807, 2.05) is 26.0 Å². The highest BCUT2D eigenvalue weighted by Crippen LogP contribution is 2.36. The number of carbonyl (C=O) groups is 2. The molecule has 1 aromatic carbocycles. The number of aliphatic carboxylic acids is 1. The van der Waals surface area contributed by atoms with Crippen molar-refractivity contribution in [3.63, 3.8) is 0 Å². The van der Waals surface area contributed by atoms with Crippen LogP contribution in [0.1, 0.15) is 35.6 Å². The highest BCUT2D eigenvalue weighted by atomic mass is 16.5. The summed E-state index contributed by atoms with van der Waals surface area (Å²) in [5, 5.41) is 11.8. The van der Waals surface area contributed by atoms with E-state index in [0.29, 0.717) is 19.4 Å². The van der Waals surface area contributed by atoms with E-state index in [-0.39, 0.29) is 11.9 Å². The Morgan fingerprint density at radius 1 is 1.23 bits per heavy atom. The van der Waals surface area contributed by atoms with Crippen LogP contribution in [0.25, 0.3) is 0 Å². The molecule has 0 saturated carbocycles. The third-order valence-corrected chi connectivity index (χ3v) is 4.38. The van der Waals surface area contributed by atoms with Crippen molar-refractivity contribution in [2.75, 3.05) is 6.61 Å². The van der Waals surface area contributed by atoms with Crippen molar-refractivity contribution in [2.24, 2.45) is 0 Å². The predicted molar refractivity (Wildman–Crippen MR) is 77.8 cm³/mol. The van der Waals surface area contributed by atoms with Gasteiger partial charge in [-0.15, -0.1) is 0 Å². The normalized spacial score (nSPS) is 26.4. The fourth-order valence-corrected chi connectivity index (χ4v) is 2.93. The van der Waals surface area contributed by atoms with Gasteiger partial charge in [0, 0.05) is 5.56 Å². The first-order chi connectivity index (χ1) is 10.5. The van der Waals surface area contributed by atoms with Gasteiger partial charge in [-0.2, -0.15) is 0 Å². The van der Waals surface area contributed by atoms with Gasteiger partial charge in [-0.25, -0.2) is 4.79 Å². The summed E-state index contributed by atoms with van der Waals surface area (Å²) < 4.78 is 11.0. The first-order valence-electron chi connectivity index (χ1n) is 7.39. The number of ether oxygens (including phenoxy) is 2. The second-order valence-corrected chi connectivity index (χ2v) is 5.83. The second-order valence-electron chi connectivity index (χ2n) is 5.83. The average Bonchev–Trinajstić information content (AvgIpc) is 3.10. The Balaban J connectivity index is 1.68. The Hall–Kier alpha value is -2.08. The molecule has 1 amide bonds. The Morgan fingerprint density at radius 2 is 1.95 bits per heavy atom. The summed E-state index contributed by atoms with van der Waals surface area (Å²) in [7, 11) is 0. The first kappa shape index (κ1) is 14.8. The van der Waals surface area contributed by atoms with Crippen LogP contribution in [0.3, 0.4) is 0 Å². The number of carboxylic acids is 1. The molecule has 2 heterocycles. The van der Waals surface area contributed by atoms with Gasteiger partial charge in [0.05, 0.1) is 6.04 Å². The van der Waals surface area contributed by atoms with Gasteiger partial charge < -0.3 is 19.9 Å². The molecule has 1 aromatic rings. The number of hydrogen-bond acceptors (Lipinski definition) is 4. The molecule has 0 aliphatic carbocycles. The lowest BCUT2D eigenvalue weighted by molar-refractivity contribution is -0.151. The maximum Gasteiger partial charge on any atom is 0.332 e. The number of nitrogens with one attached hydrogen (secondary N) is 1. The predicted octanol–water partition coefficient (Wildman–Crippen LogP) is 1.49. The highest BCUT2D eigenvalue weighted by molar-refractivity contribution is 5.83. The van der Waals surface area contributed by atoms with Crippen molar-refractivity contribution in [2.45, 2.75) is 44.9 Å². The van der Waals surface area contributed by atoms with Crippen molar-refractivity contribution in [3.05, 3.63) is 28.8 Å². The Bertz CT molecular complexity index is 627. The molecule has 6 nitrogen and oxygen atoms in total. The molecule has 1 saturated heterocycles. The number of carbonyl (C=O) groups excluding carboxylic acids is 1. The molecule has 3 rings (SSSR count). The van der Waals surface area contributed by atoms with Crippen molar-refractivity contribution >= 4 is 11.9 Å². The van der Waals surface area contributed by atoms with Crippen LogP contribution >= 0.6 is 0 Å². The lowest BCUT2D eigenvalue weighted by atomic mass is 10.0. The van der Waals surface area contributed by atoms with E-state index in [1.54, 1.807) is 0 Å². The summed E-state index contributed by atoms with van der Waals surface area (Å²) in [4.78, 5) is 23.1. The summed E-state index contributed by atoms with van der Waals surface area (Å²) in [5.74, 6) is -0.458. The number of hydrogen-bond donors (Lipinski definition) is 2. The quantitative estimate of drug-likeness (QED) is 0.883. The molecule has 0 spiro atoms.